The van der Waals surface area contributed by atoms with Gasteiger partial charge < -0.3 is 4.74 Å². The summed E-state index contributed by atoms with van der Waals surface area (Å²) < 4.78 is 5.11. The Balaban J connectivity index is 1.61. The summed E-state index contributed by atoms with van der Waals surface area (Å²) in [7, 11) is 1.76. The third-order valence-electron chi connectivity index (χ3n) is 4.59. The summed E-state index contributed by atoms with van der Waals surface area (Å²) in [5, 5.41) is 0. The van der Waals surface area contributed by atoms with Crippen molar-refractivity contribution in [2.45, 2.75) is 30.5 Å². The van der Waals surface area contributed by atoms with E-state index in [0.29, 0.717) is 4.83 Å². The Morgan fingerprint density at radius 3 is 2.44 bits per heavy atom. The SMILES string of the molecule is COCCc1ccc(C(Br)C2CC3CC3C2)cc1. The molecule has 0 aliphatic heterocycles. The van der Waals surface area contributed by atoms with Gasteiger partial charge in [0, 0.05) is 11.9 Å². The van der Waals surface area contributed by atoms with E-state index in [2.05, 4.69) is 40.2 Å². The van der Waals surface area contributed by atoms with Gasteiger partial charge in [-0.1, -0.05) is 40.2 Å². The van der Waals surface area contributed by atoms with E-state index in [1.54, 1.807) is 7.11 Å². The van der Waals surface area contributed by atoms with Gasteiger partial charge in [-0.15, -0.1) is 0 Å². The average Bonchev–Trinajstić information content (AvgIpc) is 3.03. The molecule has 98 valence electrons. The van der Waals surface area contributed by atoms with Gasteiger partial charge in [0.15, 0.2) is 0 Å². The molecule has 3 atom stereocenters. The van der Waals surface area contributed by atoms with Gasteiger partial charge in [-0.05, 0) is 54.6 Å². The molecule has 3 unspecified atom stereocenters. The quantitative estimate of drug-likeness (QED) is 0.734. The Bertz CT molecular complexity index is 390. The number of benzene rings is 1. The summed E-state index contributed by atoms with van der Waals surface area (Å²) in [6.07, 6.45) is 5.39. The van der Waals surface area contributed by atoms with Crippen molar-refractivity contribution in [2.24, 2.45) is 17.8 Å². The van der Waals surface area contributed by atoms with E-state index in [1.807, 2.05) is 0 Å². The number of halogens is 1. The summed E-state index contributed by atoms with van der Waals surface area (Å²) in [5.74, 6) is 2.99. The predicted molar refractivity (Wildman–Crippen MR) is 78.0 cm³/mol. The van der Waals surface area contributed by atoms with Crippen molar-refractivity contribution in [3.63, 3.8) is 0 Å². The molecular weight excluding hydrogens is 288 g/mol. The molecule has 0 saturated heterocycles. The van der Waals surface area contributed by atoms with Crippen LogP contribution < -0.4 is 0 Å². The Kier molecular flexibility index (Phi) is 3.76. The maximum Gasteiger partial charge on any atom is 0.0502 e. The molecule has 3 rings (SSSR count). The normalized spacial score (nSPS) is 31.1. The van der Waals surface area contributed by atoms with Crippen LogP contribution in [-0.2, 0) is 11.2 Å². The van der Waals surface area contributed by atoms with E-state index in [0.717, 1.165) is 30.8 Å². The monoisotopic (exact) mass is 308 g/mol. The zero-order chi connectivity index (χ0) is 12.5. The average molecular weight is 309 g/mol. The molecular formula is C16H21BrO. The first kappa shape index (κ1) is 12.7. The first-order chi connectivity index (χ1) is 8.78. The molecule has 2 heteroatoms. The third-order valence-corrected chi connectivity index (χ3v) is 5.86. The van der Waals surface area contributed by atoms with Crippen LogP contribution in [0.15, 0.2) is 24.3 Å². The van der Waals surface area contributed by atoms with E-state index >= 15 is 0 Å². The van der Waals surface area contributed by atoms with E-state index in [-0.39, 0.29) is 0 Å². The first-order valence-electron chi connectivity index (χ1n) is 6.99. The zero-order valence-electron chi connectivity index (χ0n) is 10.9. The van der Waals surface area contributed by atoms with Gasteiger partial charge in [-0.2, -0.15) is 0 Å². The third kappa shape index (κ3) is 2.65. The molecule has 0 aromatic heterocycles. The summed E-state index contributed by atoms with van der Waals surface area (Å²) in [6.45, 7) is 0.809. The van der Waals surface area contributed by atoms with Crippen LogP contribution in [-0.4, -0.2) is 13.7 Å². The number of rotatable bonds is 5. The number of hydrogen-bond acceptors (Lipinski definition) is 1. The molecule has 0 spiro atoms. The van der Waals surface area contributed by atoms with E-state index in [1.165, 1.54) is 30.4 Å². The van der Waals surface area contributed by atoms with Gasteiger partial charge in [0.2, 0.25) is 0 Å². The van der Waals surface area contributed by atoms with Crippen molar-refractivity contribution >= 4 is 15.9 Å². The second-order valence-electron chi connectivity index (χ2n) is 5.87. The molecule has 2 saturated carbocycles. The predicted octanol–water partition coefficient (Wildman–Crippen LogP) is 4.36. The highest BCUT2D eigenvalue weighted by Crippen LogP contribution is 2.58. The van der Waals surface area contributed by atoms with Crippen molar-refractivity contribution in [3.8, 4) is 0 Å². The standard InChI is InChI=1S/C16H21BrO/c1-18-7-6-11-2-4-12(5-3-11)16(17)15-9-13-8-14(13)10-15/h2-5,13-16H,6-10H2,1H3. The van der Waals surface area contributed by atoms with E-state index in [4.69, 9.17) is 4.74 Å². The summed E-state index contributed by atoms with van der Waals surface area (Å²) in [4.78, 5) is 0.557. The van der Waals surface area contributed by atoms with Crippen LogP contribution in [0.5, 0.6) is 0 Å². The van der Waals surface area contributed by atoms with Crippen LogP contribution in [0.25, 0.3) is 0 Å². The van der Waals surface area contributed by atoms with Gasteiger partial charge in [0.05, 0.1) is 6.61 Å². The Hall–Kier alpha value is -0.340. The molecule has 0 bridgehead atoms. The fraction of sp³-hybridized carbons (Fsp3) is 0.625. The van der Waals surface area contributed by atoms with E-state index in [9.17, 15) is 0 Å². The largest absolute Gasteiger partial charge is 0.384 e. The molecule has 0 N–H and O–H groups in total. The minimum atomic E-state index is 0.557. The lowest BCUT2D eigenvalue weighted by Gasteiger charge is -2.19. The fourth-order valence-electron chi connectivity index (χ4n) is 3.36. The molecule has 18 heavy (non-hydrogen) atoms. The van der Waals surface area contributed by atoms with Crippen molar-refractivity contribution in [3.05, 3.63) is 35.4 Å². The Labute approximate surface area is 118 Å². The molecule has 1 nitrogen and oxygen atoms in total. The highest BCUT2D eigenvalue weighted by Gasteiger charge is 2.47. The van der Waals surface area contributed by atoms with Crippen LogP contribution in [0.2, 0.25) is 0 Å². The van der Waals surface area contributed by atoms with Gasteiger partial charge in [-0.3, -0.25) is 0 Å². The lowest BCUT2D eigenvalue weighted by atomic mass is 9.94. The minimum Gasteiger partial charge on any atom is -0.384 e. The fourth-order valence-corrected chi connectivity index (χ4v) is 4.10. The number of alkyl halides is 1. The molecule has 1 aromatic carbocycles. The number of ether oxygens (including phenoxy) is 1. The second-order valence-corrected chi connectivity index (χ2v) is 6.86. The van der Waals surface area contributed by atoms with E-state index < -0.39 is 0 Å². The molecule has 2 aliphatic rings. The van der Waals surface area contributed by atoms with Crippen LogP contribution in [0.3, 0.4) is 0 Å². The molecule has 2 aliphatic carbocycles. The highest BCUT2D eigenvalue weighted by atomic mass is 79.9. The maximum absolute atomic E-state index is 5.11. The smallest absolute Gasteiger partial charge is 0.0502 e. The summed E-state index contributed by atoms with van der Waals surface area (Å²) in [5.41, 5.74) is 2.82. The Morgan fingerprint density at radius 2 is 1.83 bits per heavy atom. The summed E-state index contributed by atoms with van der Waals surface area (Å²) >= 11 is 3.91. The van der Waals surface area contributed by atoms with Crippen LogP contribution >= 0.6 is 15.9 Å². The lowest BCUT2D eigenvalue weighted by molar-refractivity contribution is 0.202. The van der Waals surface area contributed by atoms with Gasteiger partial charge in [0.1, 0.15) is 0 Å². The second kappa shape index (κ2) is 5.34. The van der Waals surface area contributed by atoms with Gasteiger partial charge in [-0.25, -0.2) is 0 Å². The van der Waals surface area contributed by atoms with Crippen LogP contribution in [0, 0.1) is 17.8 Å². The highest BCUT2D eigenvalue weighted by molar-refractivity contribution is 9.09. The van der Waals surface area contributed by atoms with Crippen molar-refractivity contribution in [1.82, 2.24) is 0 Å². The lowest BCUT2D eigenvalue weighted by Crippen LogP contribution is -2.05. The summed E-state index contributed by atoms with van der Waals surface area (Å²) in [6, 6.07) is 9.07. The molecule has 2 fully saturated rings. The number of methoxy groups -OCH3 is 1. The topological polar surface area (TPSA) is 9.23 Å². The molecule has 0 amide bonds. The number of hydrogen-bond donors (Lipinski definition) is 0. The molecule has 1 aromatic rings. The first-order valence-corrected chi connectivity index (χ1v) is 7.91. The van der Waals surface area contributed by atoms with Crippen molar-refractivity contribution in [2.75, 3.05) is 13.7 Å². The van der Waals surface area contributed by atoms with Crippen molar-refractivity contribution in [1.29, 1.82) is 0 Å². The molecule has 0 heterocycles. The maximum atomic E-state index is 5.11. The van der Waals surface area contributed by atoms with Gasteiger partial charge >= 0.3 is 0 Å². The molecule has 0 radical (unpaired) electrons. The van der Waals surface area contributed by atoms with Crippen LogP contribution in [0.1, 0.15) is 35.2 Å². The zero-order valence-corrected chi connectivity index (χ0v) is 12.5. The minimum absolute atomic E-state index is 0.557. The Morgan fingerprint density at radius 1 is 1.17 bits per heavy atom. The van der Waals surface area contributed by atoms with Crippen molar-refractivity contribution < 1.29 is 4.74 Å². The number of fused-ring (bicyclic) bond motifs is 1. The van der Waals surface area contributed by atoms with Gasteiger partial charge in [0.25, 0.3) is 0 Å². The van der Waals surface area contributed by atoms with Crippen LogP contribution in [0.4, 0.5) is 0 Å².